The fourth-order valence-corrected chi connectivity index (χ4v) is 9.13. The highest BCUT2D eigenvalue weighted by Gasteiger charge is 2.60. The Morgan fingerprint density at radius 2 is 1.82 bits per heavy atom. The van der Waals surface area contributed by atoms with Crippen molar-refractivity contribution in [3.8, 4) is 0 Å². The maximum atomic E-state index is 14.0. The number of rotatable bonds is 11. The number of aliphatic hydroxyl groups excluding tert-OH is 1. The SMILES string of the molecule is CC(C)CN(C[C@@H](O)[C@H](Cc1ccccc1)NC(=O)OC1C2COC3OCC1[C@H](C)C32)S(=O)(=O)c1ccc2c(c1)C(=O)N(C)C2. The number of aliphatic hydroxyl groups is 1. The molecule has 3 aliphatic heterocycles. The zero-order chi connectivity index (χ0) is 32.0. The van der Waals surface area contributed by atoms with Crippen LogP contribution in [0.15, 0.2) is 53.4 Å². The minimum absolute atomic E-state index is 0.00879. The van der Waals surface area contributed by atoms with E-state index in [-0.39, 0.29) is 66.4 Å². The molecule has 2 saturated heterocycles. The molecule has 1 saturated carbocycles. The third kappa shape index (κ3) is 6.23. The van der Waals surface area contributed by atoms with E-state index >= 15 is 0 Å². The molecule has 0 aromatic heterocycles. The monoisotopic (exact) mass is 641 g/mol. The Morgan fingerprint density at radius 1 is 1.11 bits per heavy atom. The number of ether oxygens (including phenoxy) is 3. The van der Waals surface area contributed by atoms with E-state index in [0.717, 1.165) is 11.1 Å². The molecule has 2 aromatic rings. The van der Waals surface area contributed by atoms with Crippen LogP contribution in [0.4, 0.5) is 4.79 Å². The lowest BCUT2D eigenvalue weighted by molar-refractivity contribution is -0.183. The average molecular weight is 642 g/mol. The molecule has 4 aliphatic rings. The highest BCUT2D eigenvalue weighted by Crippen LogP contribution is 2.52. The van der Waals surface area contributed by atoms with Crippen LogP contribution in [0.3, 0.4) is 0 Å². The maximum absolute atomic E-state index is 14.0. The van der Waals surface area contributed by atoms with Crippen molar-refractivity contribution in [2.75, 3.05) is 33.4 Å². The summed E-state index contributed by atoms with van der Waals surface area (Å²) >= 11 is 0. The summed E-state index contributed by atoms with van der Waals surface area (Å²) < 4.78 is 46.9. The average Bonchev–Trinajstić information content (AvgIpc) is 3.60. The second kappa shape index (κ2) is 12.6. The number of hydrogen-bond donors (Lipinski definition) is 2. The van der Waals surface area contributed by atoms with Gasteiger partial charge in [0.2, 0.25) is 10.0 Å². The summed E-state index contributed by atoms with van der Waals surface area (Å²) in [7, 11) is -2.42. The van der Waals surface area contributed by atoms with Gasteiger partial charge in [0.15, 0.2) is 6.29 Å². The highest BCUT2D eigenvalue weighted by molar-refractivity contribution is 7.89. The lowest BCUT2D eigenvalue weighted by Gasteiger charge is -2.33. The van der Waals surface area contributed by atoms with E-state index in [1.807, 2.05) is 44.2 Å². The van der Waals surface area contributed by atoms with Gasteiger partial charge >= 0.3 is 6.09 Å². The minimum atomic E-state index is -4.10. The van der Waals surface area contributed by atoms with Gasteiger partial charge in [-0.2, -0.15) is 4.31 Å². The van der Waals surface area contributed by atoms with Crippen molar-refractivity contribution in [1.82, 2.24) is 14.5 Å². The summed E-state index contributed by atoms with van der Waals surface area (Å²) in [5.41, 5.74) is 2.01. The number of amides is 2. The van der Waals surface area contributed by atoms with E-state index in [2.05, 4.69) is 12.2 Å². The minimum Gasteiger partial charge on any atom is -0.445 e. The quantitative estimate of drug-likeness (QED) is 0.383. The number of alkyl carbamates (subject to hydrolysis) is 1. The first-order valence-corrected chi connectivity index (χ1v) is 17.2. The number of fused-ring (bicyclic) bond motifs is 2. The second-order valence-electron chi connectivity index (χ2n) is 13.4. The Balaban J connectivity index is 1.21. The van der Waals surface area contributed by atoms with Crippen LogP contribution in [-0.4, -0.2) is 92.6 Å². The fourth-order valence-electron chi connectivity index (χ4n) is 7.48. The number of carbonyl (C=O) groups is 2. The lowest BCUT2D eigenvalue weighted by Crippen LogP contribution is -2.52. The molecule has 3 fully saturated rings. The predicted octanol–water partition coefficient (Wildman–Crippen LogP) is 2.87. The van der Waals surface area contributed by atoms with Gasteiger partial charge in [0.05, 0.1) is 30.3 Å². The van der Waals surface area contributed by atoms with E-state index in [0.29, 0.717) is 31.2 Å². The molecule has 2 bridgehead atoms. The Kier molecular flexibility index (Phi) is 8.97. The molecule has 0 spiro atoms. The van der Waals surface area contributed by atoms with Crippen LogP contribution in [0.2, 0.25) is 0 Å². The Morgan fingerprint density at radius 3 is 2.53 bits per heavy atom. The van der Waals surface area contributed by atoms with Crippen molar-refractivity contribution in [3.05, 3.63) is 65.2 Å². The molecular formula is C33H43N3O8S. The van der Waals surface area contributed by atoms with Gasteiger partial charge in [-0.05, 0) is 41.5 Å². The van der Waals surface area contributed by atoms with E-state index in [1.165, 1.54) is 16.4 Å². The molecule has 45 heavy (non-hydrogen) atoms. The van der Waals surface area contributed by atoms with Gasteiger partial charge in [0.25, 0.3) is 5.91 Å². The van der Waals surface area contributed by atoms with Gasteiger partial charge in [0.1, 0.15) is 6.10 Å². The van der Waals surface area contributed by atoms with Crippen LogP contribution in [0.25, 0.3) is 0 Å². The first-order chi connectivity index (χ1) is 21.4. The molecule has 1 aliphatic carbocycles. The van der Waals surface area contributed by atoms with E-state index in [1.54, 1.807) is 18.0 Å². The number of benzene rings is 2. The fraction of sp³-hybridized carbons (Fsp3) is 0.576. The zero-order valence-electron chi connectivity index (χ0n) is 26.2. The predicted molar refractivity (Wildman–Crippen MR) is 165 cm³/mol. The summed E-state index contributed by atoms with van der Waals surface area (Å²) in [4.78, 5) is 27.6. The Labute approximate surface area is 264 Å². The van der Waals surface area contributed by atoms with Crippen molar-refractivity contribution in [1.29, 1.82) is 0 Å². The van der Waals surface area contributed by atoms with Crippen LogP contribution >= 0.6 is 0 Å². The van der Waals surface area contributed by atoms with Crippen molar-refractivity contribution >= 4 is 22.0 Å². The molecule has 11 nitrogen and oxygen atoms in total. The first kappa shape index (κ1) is 31.9. The van der Waals surface area contributed by atoms with Crippen LogP contribution in [-0.2, 0) is 37.2 Å². The Bertz CT molecular complexity index is 1520. The molecule has 6 rings (SSSR count). The van der Waals surface area contributed by atoms with Gasteiger partial charge in [-0.25, -0.2) is 13.2 Å². The largest absolute Gasteiger partial charge is 0.445 e. The molecule has 12 heteroatoms. The van der Waals surface area contributed by atoms with Gasteiger partial charge in [-0.3, -0.25) is 4.79 Å². The smallest absolute Gasteiger partial charge is 0.407 e. The first-order valence-electron chi connectivity index (χ1n) is 15.7. The molecule has 0 radical (unpaired) electrons. The van der Waals surface area contributed by atoms with Crippen molar-refractivity contribution in [2.24, 2.45) is 29.6 Å². The number of nitrogens with zero attached hydrogens (tertiary/aromatic N) is 2. The van der Waals surface area contributed by atoms with Gasteiger partial charge < -0.3 is 29.5 Å². The number of hydrogen-bond acceptors (Lipinski definition) is 8. The number of carbonyl (C=O) groups excluding carboxylic acids is 2. The summed E-state index contributed by atoms with van der Waals surface area (Å²) in [6.45, 7) is 7.17. The molecule has 2 amide bonds. The normalized spacial score (nSPS) is 28.4. The molecule has 244 valence electrons. The number of nitrogens with one attached hydrogen (secondary N) is 1. The lowest BCUT2D eigenvalue weighted by atomic mass is 9.88. The second-order valence-corrected chi connectivity index (χ2v) is 15.3. The summed E-state index contributed by atoms with van der Waals surface area (Å²) in [6, 6.07) is 13.2. The van der Waals surface area contributed by atoms with Crippen LogP contribution in [0.5, 0.6) is 0 Å². The van der Waals surface area contributed by atoms with Gasteiger partial charge in [0, 0.05) is 50.0 Å². The van der Waals surface area contributed by atoms with Crippen molar-refractivity contribution < 1.29 is 37.3 Å². The third-order valence-corrected chi connectivity index (χ3v) is 11.6. The highest BCUT2D eigenvalue weighted by atomic mass is 32.2. The summed E-state index contributed by atoms with van der Waals surface area (Å²) in [5, 5.41) is 14.5. The van der Waals surface area contributed by atoms with Crippen LogP contribution in [0, 0.1) is 29.6 Å². The zero-order valence-corrected chi connectivity index (χ0v) is 27.0. The molecular weight excluding hydrogens is 598 g/mol. The van der Waals surface area contributed by atoms with E-state index in [9.17, 15) is 23.1 Å². The molecule has 2 N–H and O–H groups in total. The Hall–Kier alpha value is -3.03. The van der Waals surface area contributed by atoms with Gasteiger partial charge in [-0.15, -0.1) is 0 Å². The number of sulfonamides is 1. The molecule has 2 aromatic carbocycles. The summed E-state index contributed by atoms with van der Waals surface area (Å²) in [5.74, 6) is 0.305. The van der Waals surface area contributed by atoms with Crippen LogP contribution in [0.1, 0.15) is 42.3 Å². The van der Waals surface area contributed by atoms with E-state index in [4.69, 9.17) is 14.2 Å². The van der Waals surface area contributed by atoms with Crippen molar-refractivity contribution in [2.45, 2.75) is 63.2 Å². The topological polar surface area (TPSA) is 135 Å². The third-order valence-electron chi connectivity index (χ3n) is 9.81. The molecule has 5 unspecified atom stereocenters. The summed E-state index contributed by atoms with van der Waals surface area (Å²) in [6.07, 6.45) is -2.30. The molecule has 3 heterocycles. The van der Waals surface area contributed by atoms with E-state index < -0.39 is 28.3 Å². The maximum Gasteiger partial charge on any atom is 0.407 e. The van der Waals surface area contributed by atoms with Gasteiger partial charge in [-0.1, -0.05) is 57.2 Å². The standard InChI is InChI=1S/C33H43N3O8S/c1-19(2)14-36(45(40,41)23-11-10-22-15-35(4)31(38)24(22)13-23)16-28(37)27(12-21-8-6-5-7-9-21)34-33(39)44-30-25-17-42-32-29(20(25)3)26(30)18-43-32/h5-11,13,19-20,25-30,32,37H,12,14-18H2,1-4H3,(H,34,39)/t20-,25?,26?,27-,28+,29?,30?,32?/m0/s1. The molecule has 8 atom stereocenters. The van der Waals surface area contributed by atoms with Crippen LogP contribution < -0.4 is 5.32 Å². The van der Waals surface area contributed by atoms with Crippen molar-refractivity contribution in [3.63, 3.8) is 0 Å².